The van der Waals surface area contributed by atoms with E-state index in [0.717, 1.165) is 34.4 Å². The Kier molecular flexibility index (Phi) is 4.31. The van der Waals surface area contributed by atoms with E-state index in [9.17, 15) is 5.26 Å². The second-order valence-corrected chi connectivity index (χ2v) is 5.77. The molecule has 0 aliphatic heterocycles. The van der Waals surface area contributed by atoms with Crippen molar-refractivity contribution in [2.75, 3.05) is 5.73 Å². The predicted octanol–water partition coefficient (Wildman–Crippen LogP) is 4.74. The molecular formula is C21H19N3. The van der Waals surface area contributed by atoms with Gasteiger partial charge in [0.25, 0.3) is 0 Å². The summed E-state index contributed by atoms with van der Waals surface area (Å²) in [7, 11) is 0. The first-order valence-corrected chi connectivity index (χ1v) is 8.00. The van der Waals surface area contributed by atoms with Gasteiger partial charge < -0.3 is 5.73 Å². The summed E-state index contributed by atoms with van der Waals surface area (Å²) >= 11 is 0. The molecule has 118 valence electrons. The highest BCUT2D eigenvalue weighted by Crippen LogP contribution is 2.36. The fourth-order valence-electron chi connectivity index (χ4n) is 2.97. The predicted molar refractivity (Wildman–Crippen MR) is 98.4 cm³/mol. The van der Waals surface area contributed by atoms with E-state index in [1.807, 2.05) is 49.4 Å². The number of hydrogen-bond donors (Lipinski definition) is 1. The molecule has 0 bridgehead atoms. The largest absolute Gasteiger partial charge is 0.383 e. The fourth-order valence-corrected chi connectivity index (χ4v) is 2.97. The summed E-state index contributed by atoms with van der Waals surface area (Å²) in [5, 5.41) is 9.63. The molecule has 2 aromatic carbocycles. The van der Waals surface area contributed by atoms with Gasteiger partial charge in [-0.25, -0.2) is 4.98 Å². The van der Waals surface area contributed by atoms with Crippen LogP contribution in [0.4, 0.5) is 5.82 Å². The quantitative estimate of drug-likeness (QED) is 0.759. The number of nitrogens with zero attached hydrogens (tertiary/aromatic N) is 2. The highest BCUT2D eigenvalue weighted by molar-refractivity contribution is 5.84. The van der Waals surface area contributed by atoms with Crippen molar-refractivity contribution in [3.05, 3.63) is 71.3 Å². The summed E-state index contributed by atoms with van der Waals surface area (Å²) in [6, 6.07) is 20.4. The Bertz CT molecular complexity index is 905. The summed E-state index contributed by atoms with van der Waals surface area (Å²) in [5.41, 5.74) is 12.6. The Balaban J connectivity index is 2.36. The zero-order valence-corrected chi connectivity index (χ0v) is 13.9. The van der Waals surface area contributed by atoms with E-state index in [1.165, 1.54) is 5.56 Å². The Hall–Kier alpha value is -3.12. The van der Waals surface area contributed by atoms with Crippen LogP contribution in [0.15, 0.2) is 54.6 Å². The molecule has 3 nitrogen and oxygen atoms in total. The molecule has 0 fully saturated rings. The van der Waals surface area contributed by atoms with E-state index < -0.39 is 0 Å². The second-order valence-electron chi connectivity index (χ2n) is 5.77. The van der Waals surface area contributed by atoms with Crippen LogP contribution < -0.4 is 5.73 Å². The van der Waals surface area contributed by atoms with Crippen molar-refractivity contribution in [2.24, 2.45) is 0 Å². The van der Waals surface area contributed by atoms with Crippen LogP contribution in [0, 0.1) is 18.3 Å². The van der Waals surface area contributed by atoms with Crippen LogP contribution in [0.5, 0.6) is 0 Å². The number of nitrogen functional groups attached to an aromatic ring is 1. The van der Waals surface area contributed by atoms with Crippen LogP contribution in [-0.4, -0.2) is 4.98 Å². The molecule has 0 saturated carbocycles. The summed E-state index contributed by atoms with van der Waals surface area (Å²) in [6.07, 6.45) is 0.773. The van der Waals surface area contributed by atoms with E-state index in [2.05, 4.69) is 30.1 Å². The zero-order valence-electron chi connectivity index (χ0n) is 13.9. The maximum Gasteiger partial charge on any atom is 0.142 e. The molecule has 0 amide bonds. The van der Waals surface area contributed by atoms with E-state index in [1.54, 1.807) is 0 Å². The maximum atomic E-state index is 9.63. The zero-order chi connectivity index (χ0) is 17.1. The van der Waals surface area contributed by atoms with Crippen molar-refractivity contribution in [1.82, 2.24) is 4.98 Å². The van der Waals surface area contributed by atoms with Crippen LogP contribution in [0.25, 0.3) is 22.4 Å². The summed E-state index contributed by atoms with van der Waals surface area (Å²) < 4.78 is 0. The SMILES string of the molecule is CCc1c(-c2ccccc2)nc(N)c(C#N)c1-c1ccc(C)cc1. The topological polar surface area (TPSA) is 62.7 Å². The van der Waals surface area contributed by atoms with E-state index >= 15 is 0 Å². The van der Waals surface area contributed by atoms with Gasteiger partial charge in [-0.05, 0) is 24.5 Å². The van der Waals surface area contributed by atoms with Gasteiger partial charge in [-0.1, -0.05) is 67.1 Å². The van der Waals surface area contributed by atoms with Crippen molar-refractivity contribution in [3.63, 3.8) is 0 Å². The summed E-state index contributed by atoms with van der Waals surface area (Å²) in [4.78, 5) is 4.54. The lowest BCUT2D eigenvalue weighted by atomic mass is 9.90. The van der Waals surface area contributed by atoms with Gasteiger partial charge in [-0.2, -0.15) is 5.26 Å². The smallest absolute Gasteiger partial charge is 0.142 e. The van der Waals surface area contributed by atoms with Gasteiger partial charge in [0, 0.05) is 11.1 Å². The number of aryl methyl sites for hydroxylation is 1. The Morgan fingerprint density at radius 1 is 1.00 bits per heavy atom. The van der Waals surface area contributed by atoms with Crippen LogP contribution in [0.3, 0.4) is 0 Å². The summed E-state index contributed by atoms with van der Waals surface area (Å²) in [5.74, 6) is 0.282. The molecule has 24 heavy (non-hydrogen) atoms. The monoisotopic (exact) mass is 313 g/mol. The van der Waals surface area contributed by atoms with E-state index in [-0.39, 0.29) is 5.82 Å². The molecule has 2 N–H and O–H groups in total. The number of benzene rings is 2. The van der Waals surface area contributed by atoms with Gasteiger partial charge in [0.2, 0.25) is 0 Å². The molecule has 0 unspecified atom stereocenters. The molecule has 3 heteroatoms. The molecule has 0 aliphatic rings. The molecule has 1 aromatic heterocycles. The number of nitrogens with two attached hydrogens (primary N) is 1. The molecule has 1 heterocycles. The first-order valence-electron chi connectivity index (χ1n) is 8.00. The lowest BCUT2D eigenvalue weighted by Gasteiger charge is -2.17. The minimum atomic E-state index is 0.282. The molecule has 0 aliphatic carbocycles. The highest BCUT2D eigenvalue weighted by Gasteiger charge is 2.19. The molecule has 0 atom stereocenters. The van der Waals surface area contributed by atoms with Crippen molar-refractivity contribution in [1.29, 1.82) is 5.26 Å². The molecule has 0 radical (unpaired) electrons. The van der Waals surface area contributed by atoms with Gasteiger partial charge >= 0.3 is 0 Å². The lowest BCUT2D eigenvalue weighted by Crippen LogP contribution is -2.05. The Labute approximate surface area is 142 Å². The molecule has 3 aromatic rings. The van der Waals surface area contributed by atoms with Crippen LogP contribution in [0.1, 0.15) is 23.6 Å². The summed E-state index contributed by atoms with van der Waals surface area (Å²) in [6.45, 7) is 4.13. The van der Waals surface area contributed by atoms with Crippen molar-refractivity contribution in [2.45, 2.75) is 20.3 Å². The lowest BCUT2D eigenvalue weighted by molar-refractivity contribution is 1.11. The number of hydrogen-bond acceptors (Lipinski definition) is 3. The van der Waals surface area contributed by atoms with Gasteiger partial charge in [0.1, 0.15) is 17.5 Å². The van der Waals surface area contributed by atoms with E-state index in [0.29, 0.717) is 5.56 Å². The minimum Gasteiger partial charge on any atom is -0.383 e. The molecular weight excluding hydrogens is 294 g/mol. The third-order valence-corrected chi connectivity index (χ3v) is 4.18. The highest BCUT2D eigenvalue weighted by atomic mass is 14.9. The number of rotatable bonds is 3. The number of aromatic nitrogens is 1. The van der Waals surface area contributed by atoms with Crippen molar-refractivity contribution < 1.29 is 0 Å². The average Bonchev–Trinajstić information content (AvgIpc) is 2.62. The average molecular weight is 313 g/mol. The maximum absolute atomic E-state index is 9.63. The number of pyridine rings is 1. The third kappa shape index (κ3) is 2.75. The second kappa shape index (κ2) is 6.55. The number of nitriles is 1. The van der Waals surface area contributed by atoms with Gasteiger partial charge in [0.15, 0.2) is 0 Å². The normalized spacial score (nSPS) is 10.4. The first kappa shape index (κ1) is 15.8. The van der Waals surface area contributed by atoms with E-state index in [4.69, 9.17) is 5.73 Å². The third-order valence-electron chi connectivity index (χ3n) is 4.18. The molecule has 3 rings (SSSR count). The molecule has 0 saturated heterocycles. The minimum absolute atomic E-state index is 0.282. The Morgan fingerprint density at radius 3 is 2.25 bits per heavy atom. The van der Waals surface area contributed by atoms with Gasteiger partial charge in [-0.15, -0.1) is 0 Å². The number of anilines is 1. The van der Waals surface area contributed by atoms with Crippen LogP contribution >= 0.6 is 0 Å². The van der Waals surface area contributed by atoms with Crippen molar-refractivity contribution in [3.8, 4) is 28.5 Å². The van der Waals surface area contributed by atoms with Gasteiger partial charge in [0.05, 0.1) is 5.69 Å². The first-order chi connectivity index (χ1) is 11.7. The fraction of sp³-hybridized carbons (Fsp3) is 0.143. The molecule has 0 spiro atoms. The Morgan fingerprint density at radius 2 is 1.67 bits per heavy atom. The van der Waals surface area contributed by atoms with Crippen LogP contribution in [-0.2, 0) is 6.42 Å². The van der Waals surface area contributed by atoms with Crippen LogP contribution in [0.2, 0.25) is 0 Å². The van der Waals surface area contributed by atoms with Gasteiger partial charge in [-0.3, -0.25) is 0 Å². The standard InChI is InChI=1S/C21H19N3/c1-3-17-19(15-11-9-14(2)10-12-15)18(13-22)21(23)24-20(17)16-7-5-4-6-8-16/h4-12H,3H2,1-2H3,(H2,23,24). The van der Waals surface area contributed by atoms with Crippen molar-refractivity contribution >= 4 is 5.82 Å².